The molecule has 1 aliphatic heterocycles. The van der Waals surface area contributed by atoms with E-state index in [0.29, 0.717) is 22.7 Å². The van der Waals surface area contributed by atoms with Crippen LogP contribution in [0, 0.1) is 6.92 Å². The van der Waals surface area contributed by atoms with Crippen LogP contribution in [0.2, 0.25) is 5.02 Å². The molecule has 3 aromatic rings. The van der Waals surface area contributed by atoms with Gasteiger partial charge < -0.3 is 4.55 Å². The van der Waals surface area contributed by atoms with Crippen LogP contribution in [0.1, 0.15) is 27.9 Å². The summed E-state index contributed by atoms with van der Waals surface area (Å²) in [7, 11) is -4.27. The predicted octanol–water partition coefficient (Wildman–Crippen LogP) is 4.03. The molecule has 0 radical (unpaired) electrons. The van der Waals surface area contributed by atoms with E-state index in [1.807, 2.05) is 31.2 Å². The lowest BCUT2D eigenvalue weighted by atomic mass is 9.96. The molecule has 8 heteroatoms. The molecule has 1 heterocycles. The second-order valence-electron chi connectivity index (χ2n) is 7.05. The maximum atomic E-state index is 12.5. The van der Waals surface area contributed by atoms with E-state index in [4.69, 9.17) is 17.4 Å². The summed E-state index contributed by atoms with van der Waals surface area (Å²) in [4.78, 5) is 12.4. The van der Waals surface area contributed by atoms with E-state index < -0.39 is 10.1 Å². The fourth-order valence-electron chi connectivity index (χ4n) is 3.17. The number of carbonyl (C=O) groups is 1. The summed E-state index contributed by atoms with van der Waals surface area (Å²) in [5, 5.41) is 0.616. The molecule has 0 aliphatic carbocycles. The van der Waals surface area contributed by atoms with E-state index in [1.165, 1.54) is 22.4 Å². The Kier molecular flexibility index (Phi) is 6.90. The number of hydrazine groups is 1. The van der Waals surface area contributed by atoms with Crippen molar-refractivity contribution < 1.29 is 22.4 Å². The van der Waals surface area contributed by atoms with Gasteiger partial charge in [0.2, 0.25) is 5.69 Å². The van der Waals surface area contributed by atoms with Crippen molar-refractivity contribution in [2.24, 2.45) is 5.84 Å². The first-order valence-corrected chi connectivity index (χ1v) is 11.3. The summed E-state index contributed by atoms with van der Waals surface area (Å²) in [5.41, 5.74) is 4.22. The van der Waals surface area contributed by atoms with E-state index in [2.05, 4.69) is 0 Å². The van der Waals surface area contributed by atoms with Crippen LogP contribution in [0.4, 0.5) is 5.69 Å². The van der Waals surface area contributed by atoms with Crippen molar-refractivity contribution in [3.05, 3.63) is 94.5 Å². The molecule has 6 nitrogen and oxygen atoms in total. The monoisotopic (exact) mass is 456 g/mol. The van der Waals surface area contributed by atoms with E-state index in [-0.39, 0.29) is 10.7 Å². The maximum absolute atomic E-state index is 12.5. The van der Waals surface area contributed by atoms with Crippen LogP contribution in [0.15, 0.2) is 77.7 Å². The first-order valence-electron chi connectivity index (χ1n) is 9.48. The zero-order chi connectivity index (χ0) is 22.6. The Morgan fingerprint density at radius 2 is 1.58 bits per heavy atom. The van der Waals surface area contributed by atoms with Crippen LogP contribution < -0.4 is 5.84 Å². The molecule has 0 bridgehead atoms. The number of hydrogen-bond donors (Lipinski definition) is 1. The van der Waals surface area contributed by atoms with Gasteiger partial charge in [-0.3, -0.25) is 4.79 Å². The van der Waals surface area contributed by atoms with Gasteiger partial charge in [0.15, 0.2) is 0 Å². The molecule has 0 saturated heterocycles. The van der Waals surface area contributed by atoms with Gasteiger partial charge in [0, 0.05) is 28.6 Å². The molecule has 0 unspecified atom stereocenters. The Hall–Kier alpha value is -3.00. The summed E-state index contributed by atoms with van der Waals surface area (Å²) < 4.78 is 32.7. The molecule has 31 heavy (non-hydrogen) atoms. The number of rotatable bonds is 3. The van der Waals surface area contributed by atoms with Gasteiger partial charge in [-0.15, -0.1) is 0 Å². The van der Waals surface area contributed by atoms with Crippen molar-refractivity contribution >= 4 is 38.9 Å². The molecule has 0 aromatic heterocycles. The number of para-hydroxylation sites is 1. The van der Waals surface area contributed by atoms with Gasteiger partial charge >= 0.3 is 0 Å². The molecule has 3 aromatic carbocycles. The lowest BCUT2D eigenvalue weighted by molar-refractivity contribution is -0.454. The number of halogens is 1. The number of fused-ring (bicyclic) bond motifs is 1. The van der Waals surface area contributed by atoms with Gasteiger partial charge in [-0.05, 0) is 49.7 Å². The average molecular weight is 457 g/mol. The Balaban J connectivity index is 0.000000210. The fourth-order valence-corrected chi connectivity index (χ4v) is 3.77. The molecule has 0 amide bonds. The molecule has 4 rings (SSSR count). The van der Waals surface area contributed by atoms with Crippen LogP contribution in [0.3, 0.4) is 0 Å². The molecule has 0 atom stereocenters. The van der Waals surface area contributed by atoms with Crippen molar-refractivity contribution in [1.82, 2.24) is 0 Å². The first kappa shape index (κ1) is 22.7. The molecular formula is C23H21ClN2O4S. The third-order valence-corrected chi connectivity index (χ3v) is 5.95. The molecule has 0 spiro atoms. The van der Waals surface area contributed by atoms with Crippen LogP contribution in [-0.2, 0) is 16.5 Å². The Morgan fingerprint density at radius 3 is 2.19 bits per heavy atom. The minimum absolute atomic E-state index is 0.0429. The molecule has 1 aliphatic rings. The molecule has 0 saturated carbocycles. The first-order chi connectivity index (χ1) is 14.7. The Labute approximate surface area is 186 Å². The zero-order valence-electron chi connectivity index (χ0n) is 16.8. The van der Waals surface area contributed by atoms with E-state index in [0.717, 1.165) is 17.7 Å². The van der Waals surface area contributed by atoms with Crippen LogP contribution in [-0.4, -0.2) is 29.2 Å². The number of hydrazone groups is 1. The number of hydrogen-bond acceptors (Lipinski definition) is 5. The van der Waals surface area contributed by atoms with Gasteiger partial charge in [-0.2, -0.15) is 0 Å². The second kappa shape index (κ2) is 9.43. The molecule has 160 valence electrons. The van der Waals surface area contributed by atoms with Crippen molar-refractivity contribution in [2.75, 3.05) is 0 Å². The average Bonchev–Trinajstić information content (AvgIpc) is 2.74. The van der Waals surface area contributed by atoms with Crippen molar-refractivity contribution in [1.29, 1.82) is 0 Å². The van der Waals surface area contributed by atoms with Crippen molar-refractivity contribution in [3.63, 3.8) is 0 Å². The summed E-state index contributed by atoms with van der Waals surface area (Å²) in [5.74, 6) is 6.07. The quantitative estimate of drug-likeness (QED) is 0.277. The van der Waals surface area contributed by atoms with E-state index >= 15 is 0 Å². The lowest BCUT2D eigenvalue weighted by Gasteiger charge is -2.12. The highest BCUT2D eigenvalue weighted by Gasteiger charge is 2.30. The third-order valence-electron chi connectivity index (χ3n) is 4.85. The highest BCUT2D eigenvalue weighted by Crippen LogP contribution is 2.24. The van der Waals surface area contributed by atoms with Crippen molar-refractivity contribution in [3.8, 4) is 0 Å². The number of benzene rings is 3. The van der Waals surface area contributed by atoms with Crippen LogP contribution in [0.5, 0.6) is 0 Å². The maximum Gasteiger partial charge on any atom is 0.259 e. The van der Waals surface area contributed by atoms with Gasteiger partial charge in [0.1, 0.15) is 10.1 Å². The highest BCUT2D eigenvalue weighted by molar-refractivity contribution is 7.85. The fraction of sp³-hybridized carbons (Fsp3) is 0.130. The molecular weight excluding hydrogens is 436 g/mol. The Bertz CT molecular complexity index is 1240. The number of aryl methyl sites for hydroxylation is 2. The largest absolute Gasteiger partial charge is 0.744 e. The summed E-state index contributed by atoms with van der Waals surface area (Å²) >= 11 is 5.84. The third kappa shape index (κ3) is 5.58. The van der Waals surface area contributed by atoms with Gasteiger partial charge in [-0.25, -0.2) is 14.3 Å². The number of ketones is 1. The van der Waals surface area contributed by atoms with Crippen LogP contribution >= 0.6 is 11.6 Å². The predicted molar refractivity (Wildman–Crippen MR) is 119 cm³/mol. The number of Topliss-reactive ketones (excluding diaryl/α,β-unsaturated/α-hetero) is 1. The van der Waals surface area contributed by atoms with Gasteiger partial charge in [0.05, 0.1) is 4.90 Å². The van der Waals surface area contributed by atoms with Crippen LogP contribution in [0.25, 0.3) is 0 Å². The minimum atomic E-state index is -4.27. The Morgan fingerprint density at radius 1 is 0.968 bits per heavy atom. The summed E-state index contributed by atoms with van der Waals surface area (Å²) in [6.45, 7) is 1.82. The van der Waals surface area contributed by atoms with E-state index in [9.17, 15) is 17.8 Å². The number of nitrogens with zero attached hydrogens (tertiary/aromatic N) is 1. The molecule has 2 N–H and O–H groups in total. The van der Waals surface area contributed by atoms with Crippen molar-refractivity contribution in [2.45, 2.75) is 24.7 Å². The normalized spacial score (nSPS) is 13.1. The summed E-state index contributed by atoms with van der Waals surface area (Å²) in [6.07, 6.45) is 1.48. The van der Waals surface area contributed by atoms with Gasteiger partial charge in [0.25, 0.3) is 11.5 Å². The zero-order valence-corrected chi connectivity index (χ0v) is 18.4. The molecule has 0 fully saturated rings. The SMILES string of the molecule is Cc1ccc(S(=O)(=O)[O-])cc1.N[N+]1=C(C(=O)c2ccc(Cl)cc2)CCc2ccccc21. The smallest absolute Gasteiger partial charge is 0.259 e. The topological polar surface area (TPSA) is 103 Å². The number of carbonyl (C=O) groups excluding carboxylic acids is 1. The van der Waals surface area contributed by atoms with E-state index in [1.54, 1.807) is 36.4 Å². The lowest BCUT2D eigenvalue weighted by Crippen LogP contribution is -2.33. The second-order valence-corrected chi connectivity index (χ2v) is 8.86. The number of nitrogens with two attached hydrogens (primary N) is 1. The minimum Gasteiger partial charge on any atom is -0.744 e. The standard InChI is InChI=1S/C16H13ClN2O.C7H8O3S/c17-13-8-5-12(6-9-13)16(20)15-10-7-11-3-1-2-4-14(11)19(15)18;1-6-2-4-7(5-3-6)11(8,9)10/h1-6,8-9H,7,10H2,(H-,18,20);2-5H,1H3,(H,8,9,10). The van der Waals surface area contributed by atoms with Gasteiger partial charge in [-0.1, -0.05) is 52.2 Å². The highest BCUT2D eigenvalue weighted by atomic mass is 35.5. The summed E-state index contributed by atoms with van der Waals surface area (Å²) in [6, 6.07) is 20.6.